The van der Waals surface area contributed by atoms with E-state index in [-0.39, 0.29) is 0 Å². The number of rotatable bonds is 9. The Morgan fingerprint density at radius 3 is 1.46 bits per heavy atom. The highest BCUT2D eigenvalue weighted by atomic mass is 35.5. The van der Waals surface area contributed by atoms with Gasteiger partial charge in [-0.25, -0.2) is 9.98 Å². The van der Waals surface area contributed by atoms with E-state index in [1.807, 2.05) is 146 Å². The Balaban J connectivity index is 1.68. The van der Waals surface area contributed by atoms with Gasteiger partial charge in [0.25, 0.3) is 5.79 Å². The zero-order valence-corrected chi connectivity index (χ0v) is 27.4. The topological polar surface area (TPSA) is 40.3 Å². The highest BCUT2D eigenvalue weighted by Gasteiger charge is 2.48. The molecule has 0 radical (unpaired) electrons. The first-order chi connectivity index (χ1) is 23.6. The molecule has 0 amide bonds. The fourth-order valence-electron chi connectivity index (χ4n) is 6.06. The molecule has 0 N–H and O–H groups in total. The molecule has 1 aliphatic rings. The molecule has 1 aliphatic heterocycles. The molecule has 0 unspecified atom stereocenters. The molecule has 0 saturated heterocycles. The minimum Gasteiger partial charge on any atom is -0.290 e. The Hall–Kier alpha value is -5.55. The number of aliphatic imine (C=N–C) groups is 3. The van der Waals surface area contributed by atoms with Crippen LogP contribution in [0.2, 0.25) is 10.0 Å². The normalized spacial score (nSPS) is 14.0. The largest absolute Gasteiger partial charge is 0.290 e. The standard InChI is InChI=1S/C42H30Cl2N4/c1-45-40(32-22-10-4-11-23-32)41(33-24-12-5-13-25-33)48(37-29-17-16-28-36(37)44)42(34-26-14-15-27-35(34)43)46-38(30-18-6-2-7-19-30)39(47-42)31-20-8-3-9-21-31/h2-29H,1H2/b41-40-. The molecule has 7 rings (SSSR count). The van der Waals surface area contributed by atoms with E-state index in [2.05, 4.69) is 35.9 Å². The van der Waals surface area contributed by atoms with Gasteiger partial charge >= 0.3 is 0 Å². The molecule has 6 aromatic carbocycles. The van der Waals surface area contributed by atoms with Gasteiger partial charge in [-0.05, 0) is 24.9 Å². The summed E-state index contributed by atoms with van der Waals surface area (Å²) in [5.41, 5.74) is 7.71. The molecule has 0 aromatic heterocycles. The van der Waals surface area contributed by atoms with Gasteiger partial charge < -0.3 is 0 Å². The number of hydrogen-bond donors (Lipinski definition) is 0. The van der Waals surface area contributed by atoms with E-state index in [0.717, 1.165) is 33.7 Å². The van der Waals surface area contributed by atoms with Gasteiger partial charge in [0, 0.05) is 27.8 Å². The fraction of sp³-hybridized carbons (Fsp3) is 0.0238. The number of hydrogen-bond acceptors (Lipinski definition) is 4. The summed E-state index contributed by atoms with van der Waals surface area (Å²) in [6, 6.07) is 55.7. The van der Waals surface area contributed by atoms with E-state index < -0.39 is 5.79 Å². The van der Waals surface area contributed by atoms with Gasteiger partial charge in [-0.3, -0.25) is 9.89 Å². The van der Waals surface area contributed by atoms with Crippen molar-refractivity contribution >= 4 is 58.4 Å². The minimum absolute atomic E-state index is 0.504. The number of para-hydroxylation sites is 1. The van der Waals surface area contributed by atoms with Crippen LogP contribution in [-0.2, 0) is 5.79 Å². The van der Waals surface area contributed by atoms with E-state index in [1.165, 1.54) is 0 Å². The van der Waals surface area contributed by atoms with Crippen LogP contribution < -0.4 is 4.90 Å². The molecule has 0 bridgehead atoms. The van der Waals surface area contributed by atoms with Crippen LogP contribution in [-0.4, -0.2) is 18.1 Å². The third kappa shape index (κ3) is 5.77. The first kappa shape index (κ1) is 31.1. The molecule has 0 aliphatic carbocycles. The van der Waals surface area contributed by atoms with Gasteiger partial charge in [-0.1, -0.05) is 175 Å². The Morgan fingerprint density at radius 1 is 0.521 bits per heavy atom. The van der Waals surface area contributed by atoms with Crippen LogP contribution in [0.15, 0.2) is 185 Å². The number of nitrogens with zero attached hydrogens (tertiary/aromatic N) is 4. The predicted molar refractivity (Wildman–Crippen MR) is 202 cm³/mol. The van der Waals surface area contributed by atoms with Crippen molar-refractivity contribution in [2.75, 3.05) is 4.90 Å². The van der Waals surface area contributed by atoms with Crippen LogP contribution in [0.4, 0.5) is 5.69 Å². The second kappa shape index (κ2) is 13.7. The lowest BCUT2D eigenvalue weighted by Gasteiger charge is -2.41. The first-order valence-electron chi connectivity index (χ1n) is 15.5. The summed E-state index contributed by atoms with van der Waals surface area (Å²) in [5.74, 6) is -1.48. The van der Waals surface area contributed by atoms with E-state index in [4.69, 9.17) is 38.2 Å². The molecule has 232 valence electrons. The Labute approximate surface area is 290 Å². The summed E-state index contributed by atoms with van der Waals surface area (Å²) < 4.78 is 0. The maximum Gasteiger partial charge on any atom is 0.262 e. The maximum absolute atomic E-state index is 7.18. The highest BCUT2D eigenvalue weighted by molar-refractivity contribution is 6.54. The van der Waals surface area contributed by atoms with Crippen molar-refractivity contribution in [1.29, 1.82) is 0 Å². The van der Waals surface area contributed by atoms with Crippen molar-refractivity contribution < 1.29 is 0 Å². The van der Waals surface area contributed by atoms with Crippen LogP contribution in [0.3, 0.4) is 0 Å². The van der Waals surface area contributed by atoms with Crippen molar-refractivity contribution in [3.05, 3.63) is 208 Å². The average molecular weight is 662 g/mol. The fourth-order valence-corrected chi connectivity index (χ4v) is 6.54. The van der Waals surface area contributed by atoms with Gasteiger partial charge in [0.05, 0.1) is 38.6 Å². The third-order valence-electron chi connectivity index (χ3n) is 8.20. The van der Waals surface area contributed by atoms with Gasteiger partial charge in [0.15, 0.2) is 0 Å². The molecule has 0 saturated carbocycles. The van der Waals surface area contributed by atoms with Crippen LogP contribution >= 0.6 is 23.2 Å². The molecule has 6 heteroatoms. The van der Waals surface area contributed by atoms with Gasteiger partial charge in [-0.2, -0.15) is 0 Å². The van der Waals surface area contributed by atoms with Crippen molar-refractivity contribution in [3.63, 3.8) is 0 Å². The second-order valence-electron chi connectivity index (χ2n) is 11.1. The average Bonchev–Trinajstić information content (AvgIpc) is 3.55. The van der Waals surface area contributed by atoms with E-state index >= 15 is 0 Å². The van der Waals surface area contributed by atoms with E-state index in [9.17, 15) is 0 Å². The summed E-state index contributed by atoms with van der Waals surface area (Å²) in [6.07, 6.45) is 0. The summed E-state index contributed by atoms with van der Waals surface area (Å²) in [4.78, 5) is 18.1. The van der Waals surface area contributed by atoms with Crippen molar-refractivity contribution in [2.45, 2.75) is 5.79 Å². The zero-order valence-electron chi connectivity index (χ0n) is 25.9. The number of benzene rings is 6. The first-order valence-corrected chi connectivity index (χ1v) is 16.3. The highest BCUT2D eigenvalue weighted by Crippen LogP contribution is 2.50. The van der Waals surface area contributed by atoms with E-state index in [0.29, 0.717) is 32.7 Å². The summed E-state index contributed by atoms with van der Waals surface area (Å²) in [6.45, 7) is 4.08. The molecule has 0 atom stereocenters. The van der Waals surface area contributed by atoms with Crippen molar-refractivity contribution in [1.82, 2.24) is 0 Å². The van der Waals surface area contributed by atoms with Gasteiger partial charge in [-0.15, -0.1) is 0 Å². The van der Waals surface area contributed by atoms with Crippen molar-refractivity contribution in [2.24, 2.45) is 15.0 Å². The molecule has 48 heavy (non-hydrogen) atoms. The molecule has 0 fully saturated rings. The van der Waals surface area contributed by atoms with Crippen molar-refractivity contribution in [3.8, 4) is 0 Å². The van der Waals surface area contributed by atoms with Crippen LogP contribution in [0, 0.1) is 0 Å². The summed E-state index contributed by atoms with van der Waals surface area (Å²) in [7, 11) is 0. The smallest absolute Gasteiger partial charge is 0.262 e. The van der Waals surface area contributed by atoms with Crippen LogP contribution in [0.1, 0.15) is 27.8 Å². The Bertz CT molecular complexity index is 2100. The number of anilines is 1. The quantitative estimate of drug-likeness (QED) is 0.112. The maximum atomic E-state index is 7.18. The summed E-state index contributed by atoms with van der Waals surface area (Å²) >= 11 is 14.4. The monoisotopic (exact) mass is 660 g/mol. The van der Waals surface area contributed by atoms with Gasteiger partial charge in [0.1, 0.15) is 0 Å². The molecule has 6 aromatic rings. The Kier molecular flexibility index (Phi) is 8.84. The Morgan fingerprint density at radius 2 is 0.958 bits per heavy atom. The SMILES string of the molecule is C=N/C(=C(/c1ccccc1)N(c1ccccc1Cl)C1(c2ccccc2Cl)N=C(c2ccccc2)C(c2ccccc2)=N1)c1ccccc1. The predicted octanol–water partition coefficient (Wildman–Crippen LogP) is 10.8. The summed E-state index contributed by atoms with van der Waals surface area (Å²) in [5, 5.41) is 1.01. The molecule has 4 nitrogen and oxygen atoms in total. The lowest BCUT2D eigenvalue weighted by molar-refractivity contribution is 0.496. The second-order valence-corrected chi connectivity index (χ2v) is 12.0. The zero-order chi connectivity index (χ0) is 32.9. The van der Waals surface area contributed by atoms with Crippen LogP contribution in [0.5, 0.6) is 0 Å². The molecule has 1 heterocycles. The third-order valence-corrected chi connectivity index (χ3v) is 8.84. The molecular formula is C42H30Cl2N4. The number of halogens is 2. The lowest BCUT2D eigenvalue weighted by Crippen LogP contribution is -2.42. The van der Waals surface area contributed by atoms with Crippen LogP contribution in [0.25, 0.3) is 11.4 Å². The van der Waals surface area contributed by atoms with E-state index in [1.54, 1.807) is 0 Å². The minimum atomic E-state index is -1.48. The molecule has 0 spiro atoms. The van der Waals surface area contributed by atoms with Gasteiger partial charge in [0.2, 0.25) is 0 Å². The lowest BCUT2D eigenvalue weighted by atomic mass is 9.98. The molecular weight excluding hydrogens is 631 g/mol.